The Morgan fingerprint density at radius 2 is 1.89 bits per heavy atom. The zero-order valence-electron chi connectivity index (χ0n) is 9.31. The number of nitrogen functional groups attached to an aromatic ring is 1. The normalized spacial score (nSPS) is 11.8. The maximum Gasteiger partial charge on any atom is 0.417 e. The fourth-order valence-electron chi connectivity index (χ4n) is 1.60. The Morgan fingerprint density at radius 3 is 2.39 bits per heavy atom. The second-order valence-corrected chi connectivity index (χ2v) is 5.52. The molecule has 1 aromatic heterocycles. The van der Waals surface area contributed by atoms with Crippen LogP contribution in [-0.4, -0.2) is 0 Å². The first kappa shape index (κ1) is 13.2. The van der Waals surface area contributed by atoms with Crippen LogP contribution in [0.25, 0.3) is 10.4 Å². The van der Waals surface area contributed by atoms with Crippen molar-refractivity contribution >= 4 is 28.6 Å². The predicted octanol–water partition coefficient (Wildman–Crippen LogP) is 4.98. The molecule has 0 aliphatic rings. The van der Waals surface area contributed by atoms with Crippen molar-refractivity contribution in [2.24, 2.45) is 0 Å². The average Bonchev–Trinajstić information content (AvgIpc) is 2.57. The van der Waals surface area contributed by atoms with Crippen LogP contribution in [0.5, 0.6) is 0 Å². The molecule has 1 nitrogen and oxygen atoms in total. The molecule has 0 amide bonds. The summed E-state index contributed by atoms with van der Waals surface area (Å²) in [6, 6.07) is 5.42. The van der Waals surface area contributed by atoms with Crippen molar-refractivity contribution in [3.8, 4) is 10.4 Å². The molecule has 0 unspecified atom stereocenters. The Hall–Kier alpha value is -1.20. The maximum atomic E-state index is 12.9. The van der Waals surface area contributed by atoms with E-state index in [1.165, 1.54) is 12.1 Å². The third-order valence-electron chi connectivity index (χ3n) is 2.47. The van der Waals surface area contributed by atoms with Crippen molar-refractivity contribution in [2.75, 3.05) is 5.73 Å². The first-order chi connectivity index (χ1) is 8.29. The molecule has 1 aromatic carbocycles. The molecule has 0 saturated carbocycles. The highest BCUT2D eigenvalue weighted by Gasteiger charge is 2.34. The Morgan fingerprint density at radius 1 is 1.22 bits per heavy atom. The Balaban J connectivity index is 2.64. The van der Waals surface area contributed by atoms with E-state index in [9.17, 15) is 13.2 Å². The van der Waals surface area contributed by atoms with Gasteiger partial charge in [0.2, 0.25) is 0 Å². The van der Waals surface area contributed by atoms with Crippen molar-refractivity contribution in [2.45, 2.75) is 13.1 Å². The van der Waals surface area contributed by atoms with E-state index < -0.39 is 11.7 Å². The Bertz CT molecular complexity index is 570. The Kier molecular flexibility index (Phi) is 3.29. The van der Waals surface area contributed by atoms with Crippen LogP contribution in [-0.2, 0) is 6.18 Å². The number of rotatable bonds is 1. The molecule has 96 valence electrons. The zero-order chi connectivity index (χ0) is 13.5. The van der Waals surface area contributed by atoms with E-state index in [0.29, 0.717) is 9.21 Å². The summed E-state index contributed by atoms with van der Waals surface area (Å²) in [7, 11) is 0. The number of aryl methyl sites for hydroxylation is 1. The molecule has 2 rings (SSSR count). The second kappa shape index (κ2) is 4.48. The second-order valence-electron chi connectivity index (χ2n) is 3.87. The molecule has 6 heteroatoms. The SMILES string of the molecule is Cc1cc(-c2ccc(N)cc2C(F)(F)F)sc1Cl. The molecule has 0 aliphatic heterocycles. The van der Waals surface area contributed by atoms with Gasteiger partial charge >= 0.3 is 6.18 Å². The van der Waals surface area contributed by atoms with Gasteiger partial charge in [-0.05, 0) is 30.7 Å². The number of halogens is 4. The summed E-state index contributed by atoms with van der Waals surface area (Å²) < 4.78 is 39.3. The average molecular weight is 292 g/mol. The van der Waals surface area contributed by atoms with Crippen LogP contribution in [0.1, 0.15) is 11.1 Å². The van der Waals surface area contributed by atoms with Crippen LogP contribution in [0, 0.1) is 6.92 Å². The van der Waals surface area contributed by atoms with Crippen LogP contribution in [0.4, 0.5) is 18.9 Å². The van der Waals surface area contributed by atoms with E-state index in [2.05, 4.69) is 0 Å². The van der Waals surface area contributed by atoms with Gasteiger partial charge in [-0.1, -0.05) is 17.7 Å². The summed E-state index contributed by atoms with van der Waals surface area (Å²) in [4.78, 5) is 0.491. The van der Waals surface area contributed by atoms with Gasteiger partial charge in [0.15, 0.2) is 0 Å². The largest absolute Gasteiger partial charge is 0.417 e. The lowest BCUT2D eigenvalue weighted by atomic mass is 10.0. The van der Waals surface area contributed by atoms with E-state index in [-0.39, 0.29) is 11.3 Å². The zero-order valence-corrected chi connectivity index (χ0v) is 10.9. The van der Waals surface area contributed by atoms with Gasteiger partial charge in [-0.3, -0.25) is 0 Å². The van der Waals surface area contributed by atoms with Gasteiger partial charge in [0.1, 0.15) is 0 Å². The van der Waals surface area contributed by atoms with Crippen molar-refractivity contribution in [1.82, 2.24) is 0 Å². The number of anilines is 1. The Labute approximate surface area is 111 Å². The smallest absolute Gasteiger partial charge is 0.399 e. The van der Waals surface area contributed by atoms with Crippen LogP contribution >= 0.6 is 22.9 Å². The summed E-state index contributed by atoms with van der Waals surface area (Å²) in [5, 5.41) is 0. The number of hydrogen-bond acceptors (Lipinski definition) is 2. The number of thiophene rings is 1. The fourth-order valence-corrected chi connectivity index (χ4v) is 2.84. The minimum atomic E-state index is -4.44. The highest BCUT2D eigenvalue weighted by atomic mass is 35.5. The number of nitrogens with two attached hydrogens (primary N) is 1. The van der Waals surface area contributed by atoms with Crippen LogP contribution in [0.2, 0.25) is 4.34 Å². The molecule has 0 saturated heterocycles. The molecule has 2 aromatic rings. The van der Waals surface area contributed by atoms with E-state index in [0.717, 1.165) is 23.0 Å². The molecule has 1 heterocycles. The summed E-state index contributed by atoms with van der Waals surface area (Å²) >= 11 is 7.02. The fraction of sp³-hybridized carbons (Fsp3) is 0.167. The van der Waals surface area contributed by atoms with Gasteiger partial charge in [-0.25, -0.2) is 0 Å². The van der Waals surface area contributed by atoms with E-state index in [1.54, 1.807) is 13.0 Å². The molecule has 0 spiro atoms. The molecular weight excluding hydrogens is 283 g/mol. The molecule has 2 N–H and O–H groups in total. The first-order valence-corrected chi connectivity index (χ1v) is 6.21. The van der Waals surface area contributed by atoms with Gasteiger partial charge in [0.25, 0.3) is 0 Å². The van der Waals surface area contributed by atoms with E-state index >= 15 is 0 Å². The third kappa shape index (κ3) is 2.47. The van der Waals surface area contributed by atoms with Crippen molar-refractivity contribution in [3.05, 3.63) is 39.7 Å². The van der Waals surface area contributed by atoms with Gasteiger partial charge in [-0.15, -0.1) is 11.3 Å². The van der Waals surface area contributed by atoms with Gasteiger partial charge < -0.3 is 5.73 Å². The summed E-state index contributed by atoms with van der Waals surface area (Å²) in [6.45, 7) is 1.76. The van der Waals surface area contributed by atoms with Crippen molar-refractivity contribution < 1.29 is 13.2 Å². The highest BCUT2D eigenvalue weighted by Crippen LogP contribution is 2.42. The molecule has 0 fully saturated rings. The monoisotopic (exact) mass is 291 g/mol. The number of benzene rings is 1. The maximum absolute atomic E-state index is 12.9. The molecule has 0 aliphatic carbocycles. The lowest BCUT2D eigenvalue weighted by Crippen LogP contribution is -2.07. The van der Waals surface area contributed by atoms with Crippen molar-refractivity contribution in [3.63, 3.8) is 0 Å². The molecule has 18 heavy (non-hydrogen) atoms. The minimum absolute atomic E-state index is 0.0884. The van der Waals surface area contributed by atoms with Gasteiger partial charge in [-0.2, -0.15) is 13.2 Å². The number of hydrogen-bond donors (Lipinski definition) is 1. The minimum Gasteiger partial charge on any atom is -0.399 e. The van der Waals surface area contributed by atoms with Crippen LogP contribution in [0.15, 0.2) is 24.3 Å². The highest BCUT2D eigenvalue weighted by molar-refractivity contribution is 7.19. The quantitative estimate of drug-likeness (QED) is 0.737. The number of alkyl halides is 3. The van der Waals surface area contributed by atoms with Crippen LogP contribution in [0.3, 0.4) is 0 Å². The predicted molar refractivity (Wildman–Crippen MR) is 68.9 cm³/mol. The molecule has 0 bridgehead atoms. The third-order valence-corrected chi connectivity index (χ3v) is 4.06. The van der Waals surface area contributed by atoms with Gasteiger partial charge in [0, 0.05) is 16.1 Å². The topological polar surface area (TPSA) is 26.0 Å². The van der Waals surface area contributed by atoms with E-state index in [1.807, 2.05) is 0 Å². The van der Waals surface area contributed by atoms with E-state index in [4.69, 9.17) is 17.3 Å². The molecule has 0 atom stereocenters. The summed E-state index contributed by atoms with van der Waals surface area (Å²) in [5.41, 5.74) is 5.64. The van der Waals surface area contributed by atoms with Crippen molar-refractivity contribution in [1.29, 1.82) is 0 Å². The molecule has 0 radical (unpaired) electrons. The lowest BCUT2D eigenvalue weighted by molar-refractivity contribution is -0.137. The summed E-state index contributed by atoms with van der Waals surface area (Å²) in [5.74, 6) is 0. The lowest BCUT2D eigenvalue weighted by Gasteiger charge is -2.12. The van der Waals surface area contributed by atoms with Gasteiger partial charge in [0.05, 0.1) is 9.90 Å². The molecular formula is C12H9ClF3NS. The standard InChI is InChI=1S/C12H9ClF3NS/c1-6-4-10(18-11(6)13)8-3-2-7(17)5-9(8)12(14,15)16/h2-5H,17H2,1H3. The van der Waals surface area contributed by atoms with Crippen LogP contribution < -0.4 is 5.73 Å². The first-order valence-electron chi connectivity index (χ1n) is 5.02. The summed E-state index contributed by atoms with van der Waals surface area (Å²) in [6.07, 6.45) is -4.44.